The van der Waals surface area contributed by atoms with Crippen LogP contribution in [-0.2, 0) is 9.53 Å². The van der Waals surface area contributed by atoms with Crippen LogP contribution in [0.1, 0.15) is 46.0 Å². The standard InChI is InChI=1S/C13H22N2O4/c1-3-13(4-2,11(16)17)15-12(18)14-9-7-8-5-6-10(9)19-8/h8-10H,3-7H2,1-2H3,(H,16,17)(H2,14,15,18). The fourth-order valence-electron chi connectivity index (χ4n) is 2.99. The highest BCUT2D eigenvalue weighted by molar-refractivity contribution is 5.86. The van der Waals surface area contributed by atoms with Crippen LogP contribution in [0.5, 0.6) is 0 Å². The Balaban J connectivity index is 1.91. The molecule has 3 N–H and O–H groups in total. The van der Waals surface area contributed by atoms with Gasteiger partial charge in [-0.2, -0.15) is 0 Å². The minimum atomic E-state index is -1.18. The third-order valence-electron chi connectivity index (χ3n) is 4.39. The average molecular weight is 270 g/mol. The van der Waals surface area contributed by atoms with Gasteiger partial charge in [-0.3, -0.25) is 0 Å². The summed E-state index contributed by atoms with van der Waals surface area (Å²) >= 11 is 0. The van der Waals surface area contributed by atoms with E-state index in [0.29, 0.717) is 12.8 Å². The number of aliphatic carboxylic acids is 1. The van der Waals surface area contributed by atoms with Crippen LogP contribution in [0, 0.1) is 0 Å². The van der Waals surface area contributed by atoms with E-state index in [2.05, 4.69) is 10.6 Å². The van der Waals surface area contributed by atoms with Crippen molar-refractivity contribution >= 4 is 12.0 Å². The molecule has 0 saturated carbocycles. The van der Waals surface area contributed by atoms with E-state index in [9.17, 15) is 14.7 Å². The van der Waals surface area contributed by atoms with Crippen LogP contribution in [0.4, 0.5) is 4.79 Å². The van der Waals surface area contributed by atoms with Gasteiger partial charge in [0.05, 0.1) is 18.2 Å². The van der Waals surface area contributed by atoms with E-state index in [4.69, 9.17) is 4.74 Å². The predicted molar refractivity (Wildman–Crippen MR) is 68.9 cm³/mol. The van der Waals surface area contributed by atoms with Gasteiger partial charge in [0.15, 0.2) is 0 Å². The molecule has 19 heavy (non-hydrogen) atoms. The molecule has 2 rings (SSSR count). The Morgan fingerprint density at radius 3 is 2.42 bits per heavy atom. The van der Waals surface area contributed by atoms with E-state index in [0.717, 1.165) is 19.3 Å². The first kappa shape index (κ1) is 14.1. The molecule has 108 valence electrons. The summed E-state index contributed by atoms with van der Waals surface area (Å²) in [6, 6.07) is -0.397. The molecule has 6 nitrogen and oxygen atoms in total. The molecular weight excluding hydrogens is 248 g/mol. The first-order chi connectivity index (χ1) is 9.00. The number of nitrogens with one attached hydrogen (secondary N) is 2. The Morgan fingerprint density at radius 2 is 2.00 bits per heavy atom. The molecular formula is C13H22N2O4. The van der Waals surface area contributed by atoms with Gasteiger partial charge >= 0.3 is 12.0 Å². The van der Waals surface area contributed by atoms with E-state index < -0.39 is 17.5 Å². The van der Waals surface area contributed by atoms with E-state index >= 15 is 0 Å². The van der Waals surface area contributed by atoms with Crippen molar-refractivity contribution in [2.75, 3.05) is 0 Å². The minimum Gasteiger partial charge on any atom is -0.480 e. The molecule has 2 aliphatic heterocycles. The van der Waals surface area contributed by atoms with Crippen LogP contribution >= 0.6 is 0 Å². The molecule has 0 aromatic rings. The van der Waals surface area contributed by atoms with Gasteiger partial charge in [0.1, 0.15) is 5.54 Å². The summed E-state index contributed by atoms with van der Waals surface area (Å²) in [5.41, 5.74) is -1.18. The summed E-state index contributed by atoms with van der Waals surface area (Å²) in [4.78, 5) is 23.3. The number of rotatable bonds is 5. The number of fused-ring (bicyclic) bond motifs is 2. The molecule has 2 aliphatic rings. The molecule has 2 fully saturated rings. The normalized spacial score (nSPS) is 29.3. The van der Waals surface area contributed by atoms with Gasteiger partial charge in [-0.05, 0) is 32.1 Å². The first-order valence-corrected chi connectivity index (χ1v) is 6.98. The van der Waals surface area contributed by atoms with Crippen molar-refractivity contribution in [1.29, 1.82) is 0 Å². The lowest BCUT2D eigenvalue weighted by atomic mass is 9.93. The van der Waals surface area contributed by atoms with Crippen molar-refractivity contribution in [3.05, 3.63) is 0 Å². The van der Waals surface area contributed by atoms with Crippen molar-refractivity contribution in [2.45, 2.75) is 69.7 Å². The Bertz CT molecular complexity index is 368. The predicted octanol–water partition coefficient (Wildman–Crippen LogP) is 1.25. The number of hydrogen-bond donors (Lipinski definition) is 3. The van der Waals surface area contributed by atoms with Crippen LogP contribution in [0.15, 0.2) is 0 Å². The summed E-state index contributed by atoms with van der Waals surface area (Å²) < 4.78 is 5.66. The summed E-state index contributed by atoms with van der Waals surface area (Å²) in [6.45, 7) is 3.52. The lowest BCUT2D eigenvalue weighted by Crippen LogP contribution is -2.58. The number of carboxylic acid groups (broad SMARTS) is 1. The quantitative estimate of drug-likeness (QED) is 0.701. The zero-order chi connectivity index (χ0) is 14.0. The molecule has 6 heteroatoms. The monoisotopic (exact) mass is 270 g/mol. The number of ether oxygens (including phenoxy) is 1. The molecule has 0 spiro atoms. The largest absolute Gasteiger partial charge is 0.480 e. The van der Waals surface area contributed by atoms with Crippen LogP contribution in [0.2, 0.25) is 0 Å². The highest BCUT2D eigenvalue weighted by Gasteiger charge is 2.43. The molecule has 0 radical (unpaired) electrons. The van der Waals surface area contributed by atoms with Crippen LogP contribution in [0.3, 0.4) is 0 Å². The van der Waals surface area contributed by atoms with Crippen molar-refractivity contribution in [3.63, 3.8) is 0 Å². The zero-order valence-electron chi connectivity index (χ0n) is 11.4. The van der Waals surface area contributed by atoms with Crippen molar-refractivity contribution in [3.8, 4) is 0 Å². The Hall–Kier alpha value is -1.30. The van der Waals surface area contributed by atoms with E-state index in [-0.39, 0.29) is 18.2 Å². The fourth-order valence-corrected chi connectivity index (χ4v) is 2.99. The van der Waals surface area contributed by atoms with E-state index in [1.165, 1.54) is 0 Å². The van der Waals surface area contributed by atoms with Crippen LogP contribution in [0.25, 0.3) is 0 Å². The molecule has 0 aromatic heterocycles. The maximum absolute atomic E-state index is 12.0. The second-order valence-corrected chi connectivity index (χ2v) is 5.41. The second kappa shape index (κ2) is 5.36. The van der Waals surface area contributed by atoms with Gasteiger partial charge in [0, 0.05) is 0 Å². The third kappa shape index (κ3) is 2.68. The summed E-state index contributed by atoms with van der Waals surface area (Å²) in [5, 5.41) is 14.7. The molecule has 2 amide bonds. The highest BCUT2D eigenvalue weighted by Crippen LogP contribution is 2.34. The molecule has 3 atom stereocenters. The lowest BCUT2D eigenvalue weighted by Gasteiger charge is -2.29. The SMILES string of the molecule is CCC(CC)(NC(=O)NC1CC2CCC1O2)C(=O)O. The van der Waals surface area contributed by atoms with Crippen molar-refractivity contribution in [1.82, 2.24) is 10.6 Å². The fraction of sp³-hybridized carbons (Fsp3) is 0.846. The minimum absolute atomic E-state index is 0.0129. The van der Waals surface area contributed by atoms with Gasteiger partial charge in [0.25, 0.3) is 0 Å². The third-order valence-corrected chi connectivity index (χ3v) is 4.39. The van der Waals surface area contributed by atoms with Gasteiger partial charge in [-0.1, -0.05) is 13.8 Å². The maximum Gasteiger partial charge on any atom is 0.329 e. The van der Waals surface area contributed by atoms with Gasteiger partial charge in [-0.15, -0.1) is 0 Å². The maximum atomic E-state index is 12.0. The molecule has 2 bridgehead atoms. The summed E-state index contributed by atoms with van der Waals surface area (Å²) in [6.07, 6.45) is 3.94. The topological polar surface area (TPSA) is 87.7 Å². The zero-order valence-corrected chi connectivity index (χ0v) is 11.4. The van der Waals surface area contributed by atoms with E-state index in [1.807, 2.05) is 0 Å². The number of urea groups is 1. The number of amides is 2. The van der Waals surface area contributed by atoms with Gasteiger partial charge in [-0.25, -0.2) is 9.59 Å². The number of carboxylic acids is 1. The lowest BCUT2D eigenvalue weighted by molar-refractivity contribution is -0.144. The van der Waals surface area contributed by atoms with Gasteiger partial charge in [0.2, 0.25) is 0 Å². The number of carbonyl (C=O) groups excluding carboxylic acids is 1. The van der Waals surface area contributed by atoms with E-state index in [1.54, 1.807) is 13.8 Å². The van der Waals surface area contributed by atoms with Crippen molar-refractivity contribution < 1.29 is 19.4 Å². The van der Waals surface area contributed by atoms with Gasteiger partial charge < -0.3 is 20.5 Å². The van der Waals surface area contributed by atoms with Crippen molar-refractivity contribution in [2.24, 2.45) is 0 Å². The Labute approximate surface area is 112 Å². The number of hydrogen-bond acceptors (Lipinski definition) is 3. The highest BCUT2D eigenvalue weighted by atomic mass is 16.5. The second-order valence-electron chi connectivity index (χ2n) is 5.41. The summed E-state index contributed by atoms with van der Waals surface area (Å²) in [5.74, 6) is -0.989. The molecule has 2 heterocycles. The Morgan fingerprint density at radius 1 is 1.32 bits per heavy atom. The smallest absolute Gasteiger partial charge is 0.329 e. The van der Waals surface area contributed by atoms with Crippen LogP contribution in [-0.4, -0.2) is 40.9 Å². The molecule has 0 aromatic carbocycles. The Kier molecular flexibility index (Phi) is 3.99. The molecule has 3 unspecified atom stereocenters. The summed E-state index contributed by atoms with van der Waals surface area (Å²) in [7, 11) is 0. The van der Waals surface area contributed by atoms with Crippen LogP contribution < -0.4 is 10.6 Å². The average Bonchev–Trinajstić information content (AvgIpc) is 2.97. The molecule has 2 saturated heterocycles. The first-order valence-electron chi connectivity index (χ1n) is 6.98. The number of carbonyl (C=O) groups is 2. The molecule has 0 aliphatic carbocycles.